The Morgan fingerprint density at radius 1 is 1.18 bits per heavy atom. The number of fused-ring (bicyclic) bond motifs is 2. The minimum absolute atomic E-state index is 0.230. The van der Waals surface area contributed by atoms with Gasteiger partial charge in [0.1, 0.15) is 5.54 Å². The predicted molar refractivity (Wildman–Crippen MR) is 143 cm³/mol. The van der Waals surface area contributed by atoms with Crippen molar-refractivity contribution in [2.75, 3.05) is 47.1 Å². The molecule has 0 aromatic carbocycles. The van der Waals surface area contributed by atoms with Gasteiger partial charge in [-0.1, -0.05) is 0 Å². The molecule has 2 unspecified atom stereocenters. The van der Waals surface area contributed by atoms with Crippen LogP contribution in [0.5, 0.6) is 0 Å². The molecule has 3 aromatic rings. The number of H-pyrrole nitrogens is 1. The van der Waals surface area contributed by atoms with E-state index in [1.807, 2.05) is 13.0 Å². The Balaban J connectivity index is 1.23. The lowest BCUT2D eigenvalue weighted by molar-refractivity contribution is -0.120. The molecule has 1 amide bonds. The van der Waals surface area contributed by atoms with Crippen LogP contribution in [0, 0.1) is 0 Å². The highest BCUT2D eigenvalue weighted by atomic mass is 32.1. The molecule has 38 heavy (non-hydrogen) atoms. The standard InChI is InChI=1S/C24H31N11O2S/c1-24(19(37)27-23-25-5-6-38-23)9-16(36)12-35(24)22-29-20(26-18-8-17(31-32-18)13-3-4-13)28-21(30-22)34-11-14-7-15(34)10-33(14)2/h5-6,8,13-16,36H,3-4,7,9-12H2,1-2H3,(H,25,27,37)(H2,26,28,29,30,31,32)/t14?,15?,16-,24-/m0/s1. The summed E-state index contributed by atoms with van der Waals surface area (Å²) in [6, 6.07) is 2.79. The molecule has 13 nitrogen and oxygen atoms in total. The van der Waals surface area contributed by atoms with Crippen LogP contribution in [-0.2, 0) is 4.79 Å². The summed E-state index contributed by atoms with van der Waals surface area (Å²) < 4.78 is 0. The first-order valence-electron chi connectivity index (χ1n) is 13.1. The van der Waals surface area contributed by atoms with Crippen LogP contribution in [-0.4, -0.2) is 96.5 Å². The molecule has 4 aliphatic rings. The predicted octanol–water partition coefficient (Wildman–Crippen LogP) is 1.53. The molecule has 0 spiro atoms. The molecule has 3 aliphatic heterocycles. The number of β-amino-alcohol motifs (C(OH)–C–C–N with tert-alkyl or cyclic N) is 1. The molecule has 2 bridgehead atoms. The zero-order valence-corrected chi connectivity index (χ0v) is 22.1. The average Bonchev–Trinajstić information content (AvgIpc) is 3.34. The average molecular weight is 538 g/mol. The monoisotopic (exact) mass is 537 g/mol. The van der Waals surface area contributed by atoms with Crippen molar-refractivity contribution < 1.29 is 9.90 Å². The largest absolute Gasteiger partial charge is 0.391 e. The fourth-order valence-electron chi connectivity index (χ4n) is 5.97. The molecule has 200 valence electrons. The van der Waals surface area contributed by atoms with Crippen molar-refractivity contribution in [3.05, 3.63) is 23.3 Å². The van der Waals surface area contributed by atoms with Crippen LogP contribution in [0.2, 0.25) is 0 Å². The maximum Gasteiger partial charge on any atom is 0.251 e. The van der Waals surface area contributed by atoms with Gasteiger partial charge in [-0.3, -0.25) is 20.1 Å². The van der Waals surface area contributed by atoms with Crippen LogP contribution in [0.25, 0.3) is 0 Å². The summed E-state index contributed by atoms with van der Waals surface area (Å²) >= 11 is 1.35. The number of thiazole rings is 1. The fraction of sp³-hybridized carbons (Fsp3) is 0.583. The number of piperazine rings is 1. The summed E-state index contributed by atoms with van der Waals surface area (Å²) in [6.07, 6.45) is 4.60. The van der Waals surface area contributed by atoms with Gasteiger partial charge in [-0.05, 0) is 33.2 Å². The van der Waals surface area contributed by atoms with Gasteiger partial charge in [0.05, 0.1) is 6.10 Å². The van der Waals surface area contributed by atoms with E-state index in [9.17, 15) is 9.90 Å². The number of aromatic amines is 1. The SMILES string of the molecule is CN1CC2CC1CN2c1nc(Nc2cc(C3CC3)[nH]n2)nc(N2C[C@@H](O)C[C@@]2(C)C(=O)Nc2nccs2)n1. The smallest absolute Gasteiger partial charge is 0.251 e. The molecule has 7 rings (SSSR count). The number of carbonyl (C=O) groups is 1. The number of aliphatic hydroxyl groups excluding tert-OH is 1. The highest BCUT2D eigenvalue weighted by Gasteiger charge is 2.49. The van der Waals surface area contributed by atoms with E-state index < -0.39 is 11.6 Å². The Morgan fingerprint density at radius 3 is 2.74 bits per heavy atom. The van der Waals surface area contributed by atoms with Crippen molar-refractivity contribution in [1.29, 1.82) is 0 Å². The van der Waals surface area contributed by atoms with Gasteiger partial charge in [0, 0.05) is 67.4 Å². The Morgan fingerprint density at radius 2 is 2.03 bits per heavy atom. The number of aliphatic hydroxyl groups is 1. The van der Waals surface area contributed by atoms with E-state index in [0.29, 0.717) is 46.8 Å². The van der Waals surface area contributed by atoms with Crippen LogP contribution < -0.4 is 20.4 Å². The van der Waals surface area contributed by atoms with E-state index >= 15 is 0 Å². The van der Waals surface area contributed by atoms with Crippen LogP contribution in [0.3, 0.4) is 0 Å². The highest BCUT2D eigenvalue weighted by Crippen LogP contribution is 2.40. The molecular formula is C24H31N11O2S. The van der Waals surface area contributed by atoms with Crippen LogP contribution >= 0.6 is 11.3 Å². The third-order valence-corrected chi connectivity index (χ3v) is 8.93. The Kier molecular flexibility index (Phi) is 5.53. The normalized spacial score (nSPS) is 28.9. The molecule has 4 N–H and O–H groups in total. The number of nitrogens with one attached hydrogen (secondary N) is 3. The Labute approximate surface area is 223 Å². The fourth-order valence-corrected chi connectivity index (χ4v) is 6.49. The van der Waals surface area contributed by atoms with Gasteiger partial charge in [-0.15, -0.1) is 11.3 Å². The van der Waals surface area contributed by atoms with Crippen molar-refractivity contribution >= 4 is 46.0 Å². The molecular weight excluding hydrogens is 506 g/mol. The summed E-state index contributed by atoms with van der Waals surface area (Å²) in [5, 5.41) is 26.7. The topological polar surface area (TPSA) is 151 Å². The van der Waals surface area contributed by atoms with E-state index in [2.05, 4.69) is 42.7 Å². The van der Waals surface area contributed by atoms with Gasteiger partial charge in [0.2, 0.25) is 17.8 Å². The van der Waals surface area contributed by atoms with E-state index in [0.717, 1.165) is 25.2 Å². The molecule has 1 saturated carbocycles. The number of anilines is 5. The maximum absolute atomic E-state index is 13.5. The van der Waals surface area contributed by atoms with E-state index in [4.69, 9.17) is 15.0 Å². The number of likely N-dealkylation sites (N-methyl/N-ethyl adjacent to an activating group) is 1. The number of nitrogens with zero attached hydrogens (tertiary/aromatic N) is 8. The molecule has 3 aromatic heterocycles. The molecule has 4 fully saturated rings. The number of likely N-dealkylation sites (tertiary alicyclic amines) is 1. The maximum atomic E-state index is 13.5. The second-order valence-corrected chi connectivity index (χ2v) is 11.9. The minimum Gasteiger partial charge on any atom is -0.391 e. The number of hydrogen-bond donors (Lipinski definition) is 4. The van der Waals surface area contributed by atoms with Crippen molar-refractivity contribution in [2.24, 2.45) is 0 Å². The zero-order valence-electron chi connectivity index (χ0n) is 21.3. The number of carbonyl (C=O) groups excluding carboxylic acids is 1. The third-order valence-electron chi connectivity index (χ3n) is 8.24. The first kappa shape index (κ1) is 23.7. The van der Waals surface area contributed by atoms with Crippen molar-refractivity contribution in [1.82, 2.24) is 35.0 Å². The van der Waals surface area contributed by atoms with Gasteiger partial charge in [0.15, 0.2) is 10.9 Å². The molecule has 6 heterocycles. The van der Waals surface area contributed by atoms with Crippen LogP contribution in [0.1, 0.15) is 44.2 Å². The summed E-state index contributed by atoms with van der Waals surface area (Å²) in [6.45, 7) is 3.83. The summed E-state index contributed by atoms with van der Waals surface area (Å²) in [4.78, 5) is 38.5. The van der Waals surface area contributed by atoms with Gasteiger partial charge >= 0.3 is 0 Å². The van der Waals surface area contributed by atoms with Crippen LogP contribution in [0.4, 0.5) is 28.8 Å². The Hall–Kier alpha value is -3.36. The van der Waals surface area contributed by atoms with Crippen molar-refractivity contribution in [3.63, 3.8) is 0 Å². The van der Waals surface area contributed by atoms with Gasteiger partial charge in [-0.25, -0.2) is 4.98 Å². The molecule has 3 saturated heterocycles. The first-order chi connectivity index (χ1) is 18.4. The second-order valence-electron chi connectivity index (χ2n) is 11.0. The Bertz CT molecular complexity index is 1340. The lowest BCUT2D eigenvalue weighted by atomic mass is 9.97. The summed E-state index contributed by atoms with van der Waals surface area (Å²) in [5.41, 5.74) is 0.0347. The lowest BCUT2D eigenvalue weighted by Gasteiger charge is -2.35. The third kappa shape index (κ3) is 4.16. The van der Waals surface area contributed by atoms with Gasteiger partial charge in [-0.2, -0.15) is 20.1 Å². The number of rotatable bonds is 7. The molecule has 4 atom stereocenters. The molecule has 0 radical (unpaired) electrons. The van der Waals surface area contributed by atoms with E-state index in [1.54, 1.807) is 16.5 Å². The zero-order chi connectivity index (χ0) is 26.0. The van der Waals surface area contributed by atoms with Gasteiger partial charge < -0.3 is 20.2 Å². The highest BCUT2D eigenvalue weighted by molar-refractivity contribution is 7.13. The summed E-state index contributed by atoms with van der Waals surface area (Å²) in [7, 11) is 2.15. The quantitative estimate of drug-likeness (QED) is 0.347. The number of hydrogen-bond acceptors (Lipinski definition) is 12. The number of aromatic nitrogens is 6. The van der Waals surface area contributed by atoms with Crippen molar-refractivity contribution in [3.8, 4) is 0 Å². The summed E-state index contributed by atoms with van der Waals surface area (Å²) in [5.74, 6) is 2.20. The van der Waals surface area contributed by atoms with Crippen LogP contribution in [0.15, 0.2) is 17.6 Å². The van der Waals surface area contributed by atoms with Crippen molar-refractivity contribution in [2.45, 2.75) is 62.3 Å². The van der Waals surface area contributed by atoms with E-state index in [-0.39, 0.29) is 18.9 Å². The second kappa shape index (κ2) is 8.85. The minimum atomic E-state index is -1.07. The molecule has 14 heteroatoms. The first-order valence-corrected chi connectivity index (χ1v) is 14.0. The van der Waals surface area contributed by atoms with Gasteiger partial charge in [0.25, 0.3) is 5.91 Å². The number of amides is 1. The van der Waals surface area contributed by atoms with E-state index in [1.165, 1.54) is 24.2 Å². The molecule has 1 aliphatic carbocycles. The lowest BCUT2D eigenvalue weighted by Crippen LogP contribution is -2.52.